The van der Waals surface area contributed by atoms with Gasteiger partial charge in [0.2, 0.25) is 5.91 Å². The smallest absolute Gasteiger partial charge is 0.236 e. The van der Waals surface area contributed by atoms with E-state index in [1.54, 1.807) is 0 Å². The number of aryl methyl sites for hydroxylation is 2. The van der Waals surface area contributed by atoms with Crippen molar-refractivity contribution in [3.63, 3.8) is 0 Å². The lowest BCUT2D eigenvalue weighted by molar-refractivity contribution is -0.116. The van der Waals surface area contributed by atoms with Gasteiger partial charge in [0.25, 0.3) is 0 Å². The first-order valence-corrected chi connectivity index (χ1v) is 11.1. The number of nitrogens with one attached hydrogen (secondary N) is 1. The lowest BCUT2D eigenvalue weighted by atomic mass is 9.90. The summed E-state index contributed by atoms with van der Waals surface area (Å²) < 4.78 is 2.02. The van der Waals surface area contributed by atoms with Crippen LogP contribution in [-0.4, -0.2) is 15.3 Å². The second kappa shape index (κ2) is 8.75. The molecule has 0 atom stereocenters. The number of fused-ring (bicyclic) bond motifs is 1. The van der Waals surface area contributed by atoms with Gasteiger partial charge < -0.3 is 9.72 Å². The predicted molar refractivity (Wildman–Crippen MR) is 133 cm³/mol. The van der Waals surface area contributed by atoms with Crippen LogP contribution in [-0.2, 0) is 4.79 Å². The van der Waals surface area contributed by atoms with E-state index in [1.165, 1.54) is 5.56 Å². The topological polar surface area (TPSA) is 46.4 Å². The summed E-state index contributed by atoms with van der Waals surface area (Å²) in [6.07, 6.45) is 4.03. The Balaban J connectivity index is 1.49. The Morgan fingerprint density at radius 3 is 2.18 bits per heavy atom. The maximum absolute atomic E-state index is 13.6. The normalized spacial score (nSPS) is 11.1. The fourth-order valence-corrected chi connectivity index (χ4v) is 4.13. The summed E-state index contributed by atoms with van der Waals surface area (Å²) in [5.74, 6) is -0.452. The monoisotopic (exact) mass is 431 g/mol. The predicted octanol–water partition coefficient (Wildman–Crippen LogP) is 6.39. The van der Waals surface area contributed by atoms with E-state index >= 15 is 0 Å². The first kappa shape index (κ1) is 20.7. The quantitative estimate of drug-likeness (QED) is 0.350. The van der Waals surface area contributed by atoms with Crippen LogP contribution in [0.3, 0.4) is 0 Å². The van der Waals surface area contributed by atoms with Crippen LogP contribution in [0.5, 0.6) is 0 Å². The van der Waals surface area contributed by atoms with E-state index in [0.29, 0.717) is 0 Å². The Bertz CT molecular complexity index is 1380. The molecule has 4 nitrogen and oxygen atoms in total. The first-order valence-electron chi connectivity index (χ1n) is 11.1. The van der Waals surface area contributed by atoms with Crippen LogP contribution in [0.1, 0.15) is 28.2 Å². The maximum atomic E-state index is 13.6. The van der Waals surface area contributed by atoms with Gasteiger partial charge in [-0.2, -0.15) is 0 Å². The van der Waals surface area contributed by atoms with Crippen LogP contribution in [0.15, 0.2) is 103 Å². The number of aromatic nitrogens is 2. The van der Waals surface area contributed by atoms with Gasteiger partial charge in [-0.15, -0.1) is 0 Å². The molecule has 0 fully saturated rings. The second-order valence-electron chi connectivity index (χ2n) is 8.37. The standard InChI is InChI=1S/C29H25N3O/c1-20-15-16-32-19-26(30-27(32)17-20)24-14-13-21(2)25(18-24)31-29(33)28(22-9-5-3-6-10-22)23-11-7-4-8-12-23/h3-19,28H,1-2H3,(H,31,33). The van der Waals surface area contributed by atoms with Crippen molar-refractivity contribution in [3.8, 4) is 11.3 Å². The summed E-state index contributed by atoms with van der Waals surface area (Å²) in [5.41, 5.74) is 7.64. The number of rotatable bonds is 5. The van der Waals surface area contributed by atoms with Crippen molar-refractivity contribution >= 4 is 17.2 Å². The summed E-state index contributed by atoms with van der Waals surface area (Å²) in [7, 11) is 0. The second-order valence-corrected chi connectivity index (χ2v) is 8.37. The molecule has 5 aromatic rings. The molecule has 0 aliphatic rings. The summed E-state index contributed by atoms with van der Waals surface area (Å²) in [4.78, 5) is 18.3. The maximum Gasteiger partial charge on any atom is 0.236 e. The van der Waals surface area contributed by atoms with Crippen molar-refractivity contribution in [2.24, 2.45) is 0 Å². The van der Waals surface area contributed by atoms with Gasteiger partial charge >= 0.3 is 0 Å². The molecule has 0 saturated carbocycles. The van der Waals surface area contributed by atoms with E-state index in [9.17, 15) is 4.79 Å². The number of hydrogen-bond acceptors (Lipinski definition) is 2. The average molecular weight is 432 g/mol. The van der Waals surface area contributed by atoms with Crippen LogP contribution in [0, 0.1) is 13.8 Å². The third kappa shape index (κ3) is 4.28. The van der Waals surface area contributed by atoms with E-state index in [-0.39, 0.29) is 5.91 Å². The molecule has 0 saturated heterocycles. The molecule has 0 bridgehead atoms. The summed E-state index contributed by atoms with van der Waals surface area (Å²) in [5, 5.41) is 3.19. The molecule has 2 aromatic heterocycles. The van der Waals surface area contributed by atoms with Crippen molar-refractivity contribution in [1.82, 2.24) is 9.38 Å². The Morgan fingerprint density at radius 2 is 1.52 bits per heavy atom. The molecule has 0 aliphatic carbocycles. The number of amides is 1. The van der Waals surface area contributed by atoms with Gasteiger partial charge in [-0.05, 0) is 54.3 Å². The van der Waals surface area contributed by atoms with Gasteiger partial charge in [0, 0.05) is 23.6 Å². The molecule has 1 N–H and O–H groups in total. The van der Waals surface area contributed by atoms with Gasteiger partial charge in [-0.3, -0.25) is 4.79 Å². The molecule has 4 heteroatoms. The van der Waals surface area contributed by atoms with Crippen LogP contribution in [0.2, 0.25) is 0 Å². The number of benzene rings is 3. The zero-order chi connectivity index (χ0) is 22.8. The van der Waals surface area contributed by atoms with Crippen LogP contribution < -0.4 is 5.32 Å². The van der Waals surface area contributed by atoms with Gasteiger partial charge in [-0.25, -0.2) is 4.98 Å². The third-order valence-electron chi connectivity index (χ3n) is 5.93. The molecule has 2 heterocycles. The minimum absolute atomic E-state index is 0.0572. The molecule has 0 aliphatic heterocycles. The minimum atomic E-state index is -0.395. The van der Waals surface area contributed by atoms with Gasteiger partial charge in [0.1, 0.15) is 5.65 Å². The van der Waals surface area contributed by atoms with Crippen LogP contribution in [0.25, 0.3) is 16.9 Å². The van der Waals surface area contributed by atoms with E-state index in [0.717, 1.165) is 39.3 Å². The van der Waals surface area contributed by atoms with Gasteiger partial charge in [0.05, 0.1) is 11.6 Å². The highest BCUT2D eigenvalue weighted by molar-refractivity contribution is 5.99. The summed E-state index contributed by atoms with van der Waals surface area (Å²) in [6, 6.07) is 30.0. The summed E-state index contributed by atoms with van der Waals surface area (Å²) in [6.45, 7) is 4.07. The van der Waals surface area contributed by atoms with E-state index in [4.69, 9.17) is 4.98 Å². The highest BCUT2D eigenvalue weighted by Crippen LogP contribution is 2.29. The number of imidazole rings is 1. The lowest BCUT2D eigenvalue weighted by Crippen LogP contribution is -2.22. The number of pyridine rings is 1. The van der Waals surface area contributed by atoms with Crippen LogP contribution >= 0.6 is 0 Å². The SMILES string of the molecule is Cc1ccn2cc(-c3ccc(C)c(NC(=O)C(c4ccccc4)c4ccccc4)c3)nc2c1. The molecule has 0 unspecified atom stereocenters. The lowest BCUT2D eigenvalue weighted by Gasteiger charge is -2.19. The Hall–Kier alpha value is -4.18. The van der Waals surface area contributed by atoms with E-state index in [2.05, 4.69) is 24.4 Å². The molecular formula is C29H25N3O. The van der Waals surface area contributed by atoms with Crippen molar-refractivity contribution in [3.05, 3.63) is 126 Å². The number of anilines is 1. The van der Waals surface area contributed by atoms with Crippen molar-refractivity contribution < 1.29 is 4.79 Å². The summed E-state index contributed by atoms with van der Waals surface area (Å²) >= 11 is 0. The molecule has 5 rings (SSSR count). The average Bonchev–Trinajstić information content (AvgIpc) is 3.25. The van der Waals surface area contributed by atoms with Crippen molar-refractivity contribution in [2.45, 2.75) is 19.8 Å². The Labute approximate surface area is 193 Å². The van der Waals surface area contributed by atoms with Crippen LogP contribution in [0.4, 0.5) is 5.69 Å². The third-order valence-corrected chi connectivity index (χ3v) is 5.93. The fourth-order valence-electron chi connectivity index (χ4n) is 4.13. The molecule has 1 amide bonds. The Kier molecular flexibility index (Phi) is 5.49. The number of nitrogens with zero attached hydrogens (tertiary/aromatic N) is 2. The van der Waals surface area contributed by atoms with Crippen molar-refractivity contribution in [2.75, 3.05) is 5.32 Å². The molecule has 3 aromatic carbocycles. The number of carbonyl (C=O) groups excluding carboxylic acids is 1. The molecule has 33 heavy (non-hydrogen) atoms. The van der Waals surface area contributed by atoms with Gasteiger partial charge in [-0.1, -0.05) is 72.8 Å². The zero-order valence-electron chi connectivity index (χ0n) is 18.7. The molecular weight excluding hydrogens is 406 g/mol. The van der Waals surface area contributed by atoms with Gasteiger partial charge in [0.15, 0.2) is 0 Å². The highest BCUT2D eigenvalue weighted by atomic mass is 16.1. The zero-order valence-corrected chi connectivity index (χ0v) is 18.7. The largest absolute Gasteiger partial charge is 0.325 e. The first-order chi connectivity index (χ1) is 16.1. The minimum Gasteiger partial charge on any atom is -0.325 e. The van der Waals surface area contributed by atoms with E-state index < -0.39 is 5.92 Å². The molecule has 0 spiro atoms. The van der Waals surface area contributed by atoms with E-state index in [1.807, 2.05) is 103 Å². The van der Waals surface area contributed by atoms with Crippen molar-refractivity contribution in [1.29, 1.82) is 0 Å². The highest BCUT2D eigenvalue weighted by Gasteiger charge is 2.23. The number of hydrogen-bond donors (Lipinski definition) is 1. The molecule has 162 valence electrons. The fraction of sp³-hybridized carbons (Fsp3) is 0.103. The molecule has 0 radical (unpaired) electrons. The Morgan fingerprint density at radius 1 is 0.848 bits per heavy atom. The number of carbonyl (C=O) groups is 1.